The smallest absolute Gasteiger partial charge is 0.219 e. The lowest BCUT2D eigenvalue weighted by Gasteiger charge is -2.09. The van der Waals surface area contributed by atoms with Crippen molar-refractivity contribution in [2.24, 2.45) is 15.4 Å². The number of Topliss-reactive ketones (excluding diaryl/α,β-unsaturated/α-hetero) is 1. The fourth-order valence-electron chi connectivity index (χ4n) is 0.910. The number of carbonyl (C=O) groups excluding carboxylic acids is 1. The van der Waals surface area contributed by atoms with Crippen molar-refractivity contribution in [3.63, 3.8) is 0 Å². The van der Waals surface area contributed by atoms with E-state index in [1.807, 2.05) is 0 Å². The maximum atomic E-state index is 11.3. The summed E-state index contributed by atoms with van der Waals surface area (Å²) in [5, 5.41) is 10.2. The molecule has 4 nitrogen and oxygen atoms in total. The van der Waals surface area contributed by atoms with E-state index < -0.39 is 5.78 Å². The number of fused-ring (bicyclic) bond motifs is 1. The van der Waals surface area contributed by atoms with Crippen molar-refractivity contribution in [1.29, 1.82) is 0 Å². The van der Waals surface area contributed by atoms with E-state index in [9.17, 15) is 4.79 Å². The van der Waals surface area contributed by atoms with Crippen LogP contribution >= 0.6 is 34.8 Å². The number of carbonyl (C=O) groups is 1. The van der Waals surface area contributed by atoms with Gasteiger partial charge in [0.1, 0.15) is 21.5 Å². The van der Waals surface area contributed by atoms with E-state index in [0.717, 1.165) is 0 Å². The van der Waals surface area contributed by atoms with Crippen LogP contribution in [-0.2, 0) is 4.79 Å². The number of nitrogens with zero attached hydrogens (tertiary/aromatic N) is 3. The Hall–Kier alpha value is -0.710. The summed E-state index contributed by atoms with van der Waals surface area (Å²) in [5.41, 5.74) is 0.428. The SMILES string of the molecule is O=C1C(Cl)=C(Cl)C2=NN=NC2=C1Cl. The lowest BCUT2D eigenvalue weighted by atomic mass is 10.1. The van der Waals surface area contributed by atoms with Gasteiger partial charge in [0, 0.05) is 0 Å². The summed E-state index contributed by atoms with van der Waals surface area (Å²) < 4.78 is 0. The average Bonchev–Trinajstić information content (AvgIpc) is 2.59. The average molecular weight is 236 g/mol. The second-order valence-corrected chi connectivity index (χ2v) is 3.39. The number of hydrogen-bond donors (Lipinski definition) is 0. The van der Waals surface area contributed by atoms with Crippen LogP contribution in [0.3, 0.4) is 0 Å². The van der Waals surface area contributed by atoms with Crippen LogP contribution in [0.1, 0.15) is 0 Å². The number of hydrogen-bond acceptors (Lipinski definition) is 4. The third-order valence-electron chi connectivity index (χ3n) is 1.52. The molecule has 0 saturated carbocycles. The van der Waals surface area contributed by atoms with E-state index in [2.05, 4.69) is 15.4 Å². The first-order valence-electron chi connectivity index (χ1n) is 3.12. The Kier molecular flexibility index (Phi) is 1.98. The summed E-state index contributed by atoms with van der Waals surface area (Å²) in [6.07, 6.45) is 0. The van der Waals surface area contributed by atoms with E-state index >= 15 is 0 Å². The molecule has 0 aromatic carbocycles. The molecule has 0 saturated heterocycles. The summed E-state index contributed by atoms with van der Waals surface area (Å²) in [5.74, 6) is -0.553. The summed E-state index contributed by atoms with van der Waals surface area (Å²) in [4.78, 5) is 11.3. The van der Waals surface area contributed by atoms with Crippen LogP contribution in [0.4, 0.5) is 0 Å². The van der Waals surface area contributed by atoms with E-state index in [-0.39, 0.29) is 26.5 Å². The summed E-state index contributed by atoms with van der Waals surface area (Å²) in [7, 11) is 0. The molecule has 2 rings (SSSR count). The standard InChI is InChI=1S/C6Cl3N3O/c7-1-2(8)6(13)3(9)5-4(1)10-12-11-5. The third-order valence-corrected chi connectivity index (χ3v) is 2.70. The normalized spacial score (nSPS) is 21.2. The summed E-state index contributed by atoms with van der Waals surface area (Å²) >= 11 is 17.0. The molecule has 0 aromatic heterocycles. The molecule has 1 heterocycles. The van der Waals surface area contributed by atoms with Crippen LogP contribution in [0.25, 0.3) is 0 Å². The molecule has 0 atom stereocenters. The Morgan fingerprint density at radius 2 is 1.69 bits per heavy atom. The van der Waals surface area contributed by atoms with Gasteiger partial charge in [-0.05, 0) is 5.22 Å². The molecule has 1 aliphatic carbocycles. The van der Waals surface area contributed by atoms with E-state index in [1.165, 1.54) is 0 Å². The molecule has 1 aliphatic heterocycles. The van der Waals surface area contributed by atoms with Gasteiger partial charge in [-0.2, -0.15) is 0 Å². The highest BCUT2D eigenvalue weighted by atomic mass is 35.5. The maximum Gasteiger partial charge on any atom is 0.219 e. The van der Waals surface area contributed by atoms with Gasteiger partial charge in [0.2, 0.25) is 5.78 Å². The van der Waals surface area contributed by atoms with E-state index in [4.69, 9.17) is 34.8 Å². The lowest BCUT2D eigenvalue weighted by Crippen LogP contribution is -2.15. The zero-order chi connectivity index (χ0) is 9.59. The van der Waals surface area contributed by atoms with Gasteiger partial charge in [-0.3, -0.25) is 4.79 Å². The van der Waals surface area contributed by atoms with Crippen LogP contribution in [0.5, 0.6) is 0 Å². The molecule has 2 aliphatic rings. The largest absolute Gasteiger partial charge is 0.286 e. The Morgan fingerprint density at radius 1 is 1.00 bits per heavy atom. The van der Waals surface area contributed by atoms with Gasteiger partial charge in [0.15, 0.2) is 0 Å². The number of rotatable bonds is 0. The fourth-order valence-corrected chi connectivity index (χ4v) is 1.58. The van der Waals surface area contributed by atoms with Crippen LogP contribution in [-0.4, -0.2) is 11.5 Å². The maximum absolute atomic E-state index is 11.3. The molecule has 0 spiro atoms. The van der Waals surface area contributed by atoms with Crippen molar-refractivity contribution in [1.82, 2.24) is 0 Å². The molecule has 0 unspecified atom stereocenters. The molecule has 0 radical (unpaired) electrons. The molecule has 0 fully saturated rings. The van der Waals surface area contributed by atoms with Gasteiger partial charge in [0.05, 0.1) is 5.03 Å². The summed E-state index contributed by atoms with van der Waals surface area (Å²) in [6.45, 7) is 0. The quantitative estimate of drug-likeness (QED) is 0.596. The minimum absolute atomic E-state index is 0.0380. The first-order chi connectivity index (χ1) is 6.13. The monoisotopic (exact) mass is 235 g/mol. The topological polar surface area (TPSA) is 54.1 Å². The van der Waals surface area contributed by atoms with Crippen molar-refractivity contribution in [2.45, 2.75) is 0 Å². The van der Waals surface area contributed by atoms with Crippen LogP contribution < -0.4 is 0 Å². The molecule has 0 amide bonds. The highest BCUT2D eigenvalue weighted by Crippen LogP contribution is 2.34. The molecule has 0 aromatic rings. The predicted molar refractivity (Wildman–Crippen MR) is 48.9 cm³/mol. The van der Waals surface area contributed by atoms with Crippen LogP contribution in [0.15, 0.2) is 36.2 Å². The Labute approximate surface area is 87.6 Å². The molecular formula is C6Cl3N3O. The number of halogens is 3. The molecule has 13 heavy (non-hydrogen) atoms. The summed E-state index contributed by atoms with van der Waals surface area (Å²) in [6, 6.07) is 0. The van der Waals surface area contributed by atoms with Crippen LogP contribution in [0, 0.1) is 0 Å². The van der Waals surface area contributed by atoms with Crippen molar-refractivity contribution >= 4 is 46.3 Å². The number of ketones is 1. The molecule has 7 heteroatoms. The first kappa shape index (κ1) is 8.87. The Bertz CT molecular complexity index is 432. The highest BCUT2D eigenvalue weighted by Gasteiger charge is 2.33. The zero-order valence-corrected chi connectivity index (χ0v) is 8.15. The van der Waals surface area contributed by atoms with Gasteiger partial charge in [-0.1, -0.05) is 34.8 Å². The first-order valence-corrected chi connectivity index (χ1v) is 4.25. The van der Waals surface area contributed by atoms with E-state index in [1.54, 1.807) is 0 Å². The number of allylic oxidation sites excluding steroid dienone is 3. The van der Waals surface area contributed by atoms with Gasteiger partial charge in [-0.15, -0.1) is 10.2 Å². The minimum atomic E-state index is -0.553. The Morgan fingerprint density at radius 3 is 2.38 bits per heavy atom. The van der Waals surface area contributed by atoms with Gasteiger partial charge in [0.25, 0.3) is 0 Å². The van der Waals surface area contributed by atoms with Gasteiger partial charge >= 0.3 is 0 Å². The highest BCUT2D eigenvalue weighted by molar-refractivity contribution is 6.64. The van der Waals surface area contributed by atoms with Gasteiger partial charge in [-0.25, -0.2) is 0 Å². The molecule has 0 N–H and O–H groups in total. The van der Waals surface area contributed by atoms with Gasteiger partial charge < -0.3 is 0 Å². The minimum Gasteiger partial charge on any atom is -0.286 e. The van der Waals surface area contributed by atoms with Crippen molar-refractivity contribution < 1.29 is 4.79 Å². The van der Waals surface area contributed by atoms with Crippen molar-refractivity contribution in [2.75, 3.05) is 0 Å². The lowest BCUT2D eigenvalue weighted by molar-refractivity contribution is -0.111. The zero-order valence-electron chi connectivity index (χ0n) is 5.88. The van der Waals surface area contributed by atoms with Crippen molar-refractivity contribution in [3.8, 4) is 0 Å². The fraction of sp³-hybridized carbons (Fsp3) is 0. The molecule has 0 bridgehead atoms. The predicted octanol–water partition coefficient (Wildman–Crippen LogP) is 2.53. The third kappa shape index (κ3) is 1.14. The van der Waals surface area contributed by atoms with Crippen molar-refractivity contribution in [3.05, 3.63) is 20.8 Å². The van der Waals surface area contributed by atoms with E-state index in [0.29, 0.717) is 0 Å². The second-order valence-electron chi connectivity index (χ2n) is 2.26. The molecule has 66 valence electrons. The molecular weight excluding hydrogens is 236 g/mol. The second kappa shape index (κ2) is 2.90. The van der Waals surface area contributed by atoms with Crippen LogP contribution in [0.2, 0.25) is 0 Å². The Balaban J connectivity index is 2.67.